The Morgan fingerprint density at radius 3 is 2.26 bits per heavy atom. The quantitative estimate of drug-likeness (QED) is 0.428. The molecule has 0 fully saturated rings. The molecule has 0 saturated heterocycles. The Labute approximate surface area is 155 Å². The molecule has 9 nitrogen and oxygen atoms in total. The first-order valence-corrected chi connectivity index (χ1v) is 7.83. The van der Waals surface area contributed by atoms with Gasteiger partial charge in [0.2, 0.25) is 0 Å². The highest BCUT2D eigenvalue weighted by Gasteiger charge is 2.18. The molecule has 0 saturated carbocycles. The number of amides is 1. The molecule has 0 aliphatic rings. The monoisotopic (exact) mass is 374 g/mol. The van der Waals surface area contributed by atoms with Gasteiger partial charge >= 0.3 is 5.97 Å². The van der Waals surface area contributed by atoms with E-state index < -0.39 is 23.4 Å². The van der Waals surface area contributed by atoms with Crippen LogP contribution in [0.25, 0.3) is 0 Å². The SMILES string of the molecule is COc1ccc(CC(=O)OCC(=O)Nc2cc(OC)ccc2[N+](=O)[O-])cc1. The first kappa shape index (κ1) is 19.7. The summed E-state index contributed by atoms with van der Waals surface area (Å²) in [4.78, 5) is 34.2. The van der Waals surface area contributed by atoms with Gasteiger partial charge in [0, 0.05) is 12.1 Å². The predicted molar refractivity (Wildman–Crippen MR) is 95.9 cm³/mol. The maximum Gasteiger partial charge on any atom is 0.310 e. The fraction of sp³-hybridized carbons (Fsp3) is 0.222. The summed E-state index contributed by atoms with van der Waals surface area (Å²) < 4.78 is 14.9. The lowest BCUT2D eigenvalue weighted by Crippen LogP contribution is -2.22. The van der Waals surface area contributed by atoms with Gasteiger partial charge in [-0.1, -0.05) is 12.1 Å². The van der Waals surface area contributed by atoms with Crippen molar-refractivity contribution in [2.75, 3.05) is 26.1 Å². The molecule has 2 aromatic carbocycles. The Hall–Kier alpha value is -3.62. The molecule has 0 spiro atoms. The van der Waals surface area contributed by atoms with Crippen molar-refractivity contribution in [3.8, 4) is 11.5 Å². The summed E-state index contributed by atoms with van der Waals surface area (Å²) >= 11 is 0. The third-order valence-electron chi connectivity index (χ3n) is 3.55. The van der Waals surface area contributed by atoms with Crippen molar-refractivity contribution in [1.29, 1.82) is 0 Å². The fourth-order valence-electron chi connectivity index (χ4n) is 2.19. The van der Waals surface area contributed by atoms with E-state index >= 15 is 0 Å². The first-order valence-electron chi connectivity index (χ1n) is 7.83. The lowest BCUT2D eigenvalue weighted by atomic mass is 10.1. The number of nitro benzene ring substituents is 1. The van der Waals surface area contributed by atoms with Gasteiger partial charge in [0.1, 0.15) is 17.2 Å². The molecule has 0 unspecified atom stereocenters. The number of methoxy groups -OCH3 is 2. The summed E-state index contributed by atoms with van der Waals surface area (Å²) in [7, 11) is 2.93. The van der Waals surface area contributed by atoms with Crippen molar-refractivity contribution in [2.24, 2.45) is 0 Å². The van der Waals surface area contributed by atoms with Gasteiger partial charge in [-0.25, -0.2) is 0 Å². The molecule has 142 valence electrons. The molecule has 2 rings (SSSR count). The molecule has 2 aromatic rings. The number of rotatable bonds is 8. The van der Waals surface area contributed by atoms with Crippen LogP contribution in [-0.2, 0) is 20.7 Å². The second-order valence-electron chi connectivity index (χ2n) is 5.37. The van der Waals surface area contributed by atoms with Gasteiger partial charge in [-0.2, -0.15) is 0 Å². The molecular weight excluding hydrogens is 356 g/mol. The molecule has 0 aromatic heterocycles. The van der Waals surface area contributed by atoms with Crippen molar-refractivity contribution < 1.29 is 28.7 Å². The van der Waals surface area contributed by atoms with Crippen LogP contribution in [0.3, 0.4) is 0 Å². The number of esters is 1. The number of hydrogen-bond acceptors (Lipinski definition) is 7. The zero-order valence-corrected chi connectivity index (χ0v) is 14.8. The zero-order valence-electron chi connectivity index (χ0n) is 14.8. The molecule has 0 atom stereocenters. The average Bonchev–Trinajstić information content (AvgIpc) is 2.66. The van der Waals surface area contributed by atoms with Crippen LogP contribution in [0.15, 0.2) is 42.5 Å². The maximum absolute atomic E-state index is 12.0. The lowest BCUT2D eigenvalue weighted by molar-refractivity contribution is -0.383. The number of nitrogens with zero attached hydrogens (tertiary/aromatic N) is 1. The Kier molecular flexibility index (Phi) is 6.70. The first-order chi connectivity index (χ1) is 12.9. The van der Waals surface area contributed by atoms with Crippen LogP contribution in [-0.4, -0.2) is 37.6 Å². The van der Waals surface area contributed by atoms with E-state index in [1.165, 1.54) is 32.4 Å². The summed E-state index contributed by atoms with van der Waals surface area (Å²) in [6, 6.07) is 10.8. The Morgan fingerprint density at radius 1 is 1.04 bits per heavy atom. The van der Waals surface area contributed by atoms with E-state index in [1.54, 1.807) is 24.3 Å². The molecule has 27 heavy (non-hydrogen) atoms. The number of nitrogens with one attached hydrogen (secondary N) is 1. The second-order valence-corrected chi connectivity index (χ2v) is 5.37. The number of benzene rings is 2. The van der Waals surface area contributed by atoms with E-state index in [9.17, 15) is 19.7 Å². The molecule has 0 bridgehead atoms. The van der Waals surface area contributed by atoms with E-state index in [2.05, 4.69) is 5.32 Å². The van der Waals surface area contributed by atoms with Gasteiger partial charge in [0.25, 0.3) is 11.6 Å². The highest BCUT2D eigenvalue weighted by Crippen LogP contribution is 2.28. The normalized spacial score (nSPS) is 10.0. The topological polar surface area (TPSA) is 117 Å². The van der Waals surface area contributed by atoms with E-state index in [1.807, 2.05) is 0 Å². The van der Waals surface area contributed by atoms with Gasteiger partial charge in [-0.3, -0.25) is 19.7 Å². The van der Waals surface area contributed by atoms with Crippen molar-refractivity contribution in [2.45, 2.75) is 6.42 Å². The Bertz CT molecular complexity index is 834. The largest absolute Gasteiger partial charge is 0.497 e. The average molecular weight is 374 g/mol. The van der Waals surface area contributed by atoms with Crippen LogP contribution in [0.4, 0.5) is 11.4 Å². The molecule has 0 radical (unpaired) electrons. The van der Waals surface area contributed by atoms with Gasteiger partial charge in [-0.05, 0) is 23.8 Å². The van der Waals surface area contributed by atoms with Crippen LogP contribution >= 0.6 is 0 Å². The van der Waals surface area contributed by atoms with Crippen LogP contribution in [0, 0.1) is 10.1 Å². The molecule has 0 aliphatic heterocycles. The van der Waals surface area contributed by atoms with Crippen molar-refractivity contribution in [3.63, 3.8) is 0 Å². The van der Waals surface area contributed by atoms with Gasteiger partial charge in [0.15, 0.2) is 6.61 Å². The molecule has 9 heteroatoms. The third kappa shape index (κ3) is 5.70. The van der Waals surface area contributed by atoms with Crippen molar-refractivity contribution in [1.82, 2.24) is 0 Å². The van der Waals surface area contributed by atoms with E-state index in [4.69, 9.17) is 14.2 Å². The smallest absolute Gasteiger partial charge is 0.310 e. The van der Waals surface area contributed by atoms with Crippen molar-refractivity contribution in [3.05, 3.63) is 58.1 Å². The molecule has 1 N–H and O–H groups in total. The third-order valence-corrected chi connectivity index (χ3v) is 3.55. The van der Waals surface area contributed by atoms with E-state index in [-0.39, 0.29) is 17.8 Å². The molecule has 0 aliphatic carbocycles. The summed E-state index contributed by atoms with van der Waals surface area (Å²) in [6.07, 6.45) is -0.0173. The highest BCUT2D eigenvalue weighted by molar-refractivity contribution is 5.95. The van der Waals surface area contributed by atoms with Crippen LogP contribution in [0.5, 0.6) is 11.5 Å². The lowest BCUT2D eigenvalue weighted by Gasteiger charge is -2.09. The number of carbonyl (C=O) groups is 2. The summed E-state index contributed by atoms with van der Waals surface area (Å²) in [5.41, 5.74) is 0.355. The minimum atomic E-state index is -0.700. The second kappa shape index (κ2) is 9.18. The van der Waals surface area contributed by atoms with Gasteiger partial charge in [-0.15, -0.1) is 0 Å². The minimum absolute atomic E-state index is 0.0173. The predicted octanol–water partition coefficient (Wildman–Crippen LogP) is 2.34. The number of anilines is 1. The maximum atomic E-state index is 12.0. The Balaban J connectivity index is 1.91. The van der Waals surface area contributed by atoms with E-state index in [0.29, 0.717) is 17.1 Å². The number of ether oxygens (including phenoxy) is 3. The number of carbonyl (C=O) groups excluding carboxylic acids is 2. The molecule has 0 heterocycles. The van der Waals surface area contributed by atoms with Gasteiger partial charge < -0.3 is 19.5 Å². The number of hydrogen-bond donors (Lipinski definition) is 1. The zero-order chi connectivity index (χ0) is 19.8. The van der Waals surface area contributed by atoms with Crippen LogP contribution < -0.4 is 14.8 Å². The van der Waals surface area contributed by atoms with Crippen LogP contribution in [0.2, 0.25) is 0 Å². The van der Waals surface area contributed by atoms with Crippen molar-refractivity contribution >= 4 is 23.3 Å². The minimum Gasteiger partial charge on any atom is -0.497 e. The summed E-state index contributed by atoms with van der Waals surface area (Å²) in [5, 5.41) is 13.4. The molecule has 1 amide bonds. The summed E-state index contributed by atoms with van der Waals surface area (Å²) in [5.74, 6) is -0.302. The Morgan fingerprint density at radius 2 is 1.67 bits per heavy atom. The summed E-state index contributed by atoms with van der Waals surface area (Å²) in [6.45, 7) is -0.566. The number of nitro groups is 1. The highest BCUT2D eigenvalue weighted by atomic mass is 16.6. The van der Waals surface area contributed by atoms with Gasteiger partial charge in [0.05, 0.1) is 25.6 Å². The van der Waals surface area contributed by atoms with E-state index in [0.717, 1.165) is 0 Å². The fourth-order valence-corrected chi connectivity index (χ4v) is 2.19. The molecular formula is C18H18N2O7. The standard InChI is InChI=1S/C18H18N2O7/c1-25-13-5-3-12(4-6-13)9-18(22)27-11-17(21)19-15-10-14(26-2)7-8-16(15)20(23)24/h3-8,10H,9,11H2,1-2H3,(H,19,21). The van der Waals surface area contributed by atoms with Crippen LogP contribution in [0.1, 0.15) is 5.56 Å².